The van der Waals surface area contributed by atoms with Crippen LogP contribution in [0.3, 0.4) is 0 Å². The average Bonchev–Trinajstić information content (AvgIpc) is 2.78. The first-order chi connectivity index (χ1) is 8.24. The van der Waals surface area contributed by atoms with Crippen LogP contribution in [0.5, 0.6) is 0 Å². The Hall–Kier alpha value is -2.43. The maximum absolute atomic E-state index is 11.3. The van der Waals surface area contributed by atoms with E-state index >= 15 is 0 Å². The maximum atomic E-state index is 11.3. The highest BCUT2D eigenvalue weighted by Gasteiger charge is 2.23. The summed E-state index contributed by atoms with van der Waals surface area (Å²) in [5, 5.41) is 9.25. The molecule has 0 spiro atoms. The first kappa shape index (κ1) is 11.1. The van der Waals surface area contributed by atoms with Crippen LogP contribution >= 0.6 is 0 Å². The molecule has 0 amide bonds. The van der Waals surface area contributed by atoms with Crippen LogP contribution in [0.4, 0.5) is 0 Å². The molecule has 1 N–H and O–H groups in total. The van der Waals surface area contributed by atoms with Gasteiger partial charge in [-0.1, -0.05) is 30.3 Å². The van der Waals surface area contributed by atoms with Crippen LogP contribution in [-0.2, 0) is 4.79 Å². The summed E-state index contributed by atoms with van der Waals surface area (Å²) in [6, 6.07) is 7.78. The van der Waals surface area contributed by atoms with Crippen LogP contribution in [0.2, 0.25) is 0 Å². The predicted molar refractivity (Wildman–Crippen MR) is 59.8 cm³/mol. The number of nitrogens with zero attached hydrogens (tertiary/aromatic N) is 2. The molecule has 1 unspecified atom stereocenters. The van der Waals surface area contributed by atoms with Gasteiger partial charge in [0.2, 0.25) is 0 Å². The Balaban J connectivity index is 2.51. The number of aromatic nitrogens is 2. The molecule has 5 nitrogen and oxygen atoms in total. The number of carboxylic acids is 1. The number of carbonyl (C=O) groups is 2. The van der Waals surface area contributed by atoms with Gasteiger partial charge in [0.05, 0.1) is 0 Å². The molecule has 0 aliphatic carbocycles. The molecule has 0 saturated heterocycles. The van der Waals surface area contributed by atoms with Crippen LogP contribution in [0.25, 0.3) is 0 Å². The van der Waals surface area contributed by atoms with Crippen molar-refractivity contribution in [3.05, 3.63) is 54.1 Å². The number of imidazole rings is 1. The molecule has 1 atom stereocenters. The van der Waals surface area contributed by atoms with E-state index in [1.807, 2.05) is 0 Å². The molecular weight excluding hydrogens is 220 g/mol. The molecule has 5 heteroatoms. The summed E-state index contributed by atoms with van der Waals surface area (Å²) in [6.45, 7) is 0. The third-order valence-corrected chi connectivity index (χ3v) is 2.43. The molecule has 0 aliphatic rings. The summed E-state index contributed by atoms with van der Waals surface area (Å²) in [5.41, 5.74) is 0.598. The molecule has 0 fully saturated rings. The molecule has 1 aromatic carbocycles. The standard InChI is InChI=1S/C12H10N2O3/c15-8-10-13-6-7-14(10)11(12(16)17)9-4-2-1-3-5-9/h1-8,11H,(H,16,17). The molecule has 0 aliphatic heterocycles. The van der Waals surface area contributed by atoms with Crippen LogP contribution in [0, 0.1) is 0 Å². The average molecular weight is 230 g/mol. The SMILES string of the molecule is O=Cc1nccn1C(C(=O)O)c1ccccc1. The number of rotatable bonds is 4. The number of carboxylic acid groups (broad SMARTS) is 1. The van der Waals surface area contributed by atoms with Crippen molar-refractivity contribution in [3.8, 4) is 0 Å². The zero-order chi connectivity index (χ0) is 12.3. The summed E-state index contributed by atoms with van der Waals surface area (Å²) < 4.78 is 1.34. The van der Waals surface area contributed by atoms with E-state index < -0.39 is 12.0 Å². The van der Waals surface area contributed by atoms with E-state index in [4.69, 9.17) is 0 Å². The topological polar surface area (TPSA) is 72.2 Å². The molecule has 86 valence electrons. The van der Waals surface area contributed by atoms with E-state index in [-0.39, 0.29) is 5.82 Å². The number of hydrogen-bond acceptors (Lipinski definition) is 3. The van der Waals surface area contributed by atoms with Crippen molar-refractivity contribution >= 4 is 12.3 Å². The van der Waals surface area contributed by atoms with E-state index in [0.717, 1.165) is 0 Å². The summed E-state index contributed by atoms with van der Waals surface area (Å²) in [5.74, 6) is -0.932. The van der Waals surface area contributed by atoms with Crippen LogP contribution < -0.4 is 0 Å². The zero-order valence-electron chi connectivity index (χ0n) is 8.85. The Bertz CT molecular complexity index is 534. The number of carbonyl (C=O) groups excluding carboxylic acids is 1. The van der Waals surface area contributed by atoms with Gasteiger partial charge in [0.15, 0.2) is 18.2 Å². The lowest BCUT2D eigenvalue weighted by Crippen LogP contribution is -2.21. The van der Waals surface area contributed by atoms with E-state index in [2.05, 4.69) is 4.98 Å². The zero-order valence-corrected chi connectivity index (χ0v) is 8.85. The molecule has 0 saturated carbocycles. The number of hydrogen-bond donors (Lipinski definition) is 1. The number of benzene rings is 1. The lowest BCUT2D eigenvalue weighted by molar-refractivity contribution is -0.139. The predicted octanol–water partition coefficient (Wildman–Crippen LogP) is 1.37. The molecule has 0 radical (unpaired) electrons. The summed E-state index contributed by atoms with van der Waals surface area (Å²) in [6.07, 6.45) is 3.43. The van der Waals surface area contributed by atoms with Crippen molar-refractivity contribution in [1.29, 1.82) is 0 Å². The van der Waals surface area contributed by atoms with E-state index in [0.29, 0.717) is 11.8 Å². The van der Waals surface area contributed by atoms with Crippen molar-refractivity contribution in [2.24, 2.45) is 0 Å². The minimum absolute atomic E-state index is 0.0984. The minimum atomic E-state index is -1.03. The van der Waals surface area contributed by atoms with Gasteiger partial charge in [0.1, 0.15) is 0 Å². The summed E-state index contributed by atoms with van der Waals surface area (Å²) in [4.78, 5) is 25.9. The molecule has 2 aromatic rings. The fraction of sp³-hybridized carbons (Fsp3) is 0.0833. The third kappa shape index (κ3) is 2.08. The van der Waals surface area contributed by atoms with Crippen molar-refractivity contribution in [2.75, 3.05) is 0 Å². The van der Waals surface area contributed by atoms with Crippen molar-refractivity contribution in [1.82, 2.24) is 9.55 Å². The minimum Gasteiger partial charge on any atom is -0.479 e. The highest BCUT2D eigenvalue weighted by molar-refractivity contribution is 5.78. The van der Waals surface area contributed by atoms with Gasteiger partial charge in [-0.3, -0.25) is 4.79 Å². The summed E-state index contributed by atoms with van der Waals surface area (Å²) >= 11 is 0. The maximum Gasteiger partial charge on any atom is 0.331 e. The van der Waals surface area contributed by atoms with Gasteiger partial charge < -0.3 is 9.67 Å². The van der Waals surface area contributed by atoms with Crippen LogP contribution in [0.1, 0.15) is 22.2 Å². The van der Waals surface area contributed by atoms with Gasteiger partial charge in [-0.05, 0) is 5.56 Å². The number of aldehydes is 1. The normalized spacial score (nSPS) is 12.0. The van der Waals surface area contributed by atoms with Gasteiger partial charge in [-0.2, -0.15) is 0 Å². The lowest BCUT2D eigenvalue weighted by Gasteiger charge is -2.15. The Morgan fingerprint density at radius 1 is 1.35 bits per heavy atom. The quantitative estimate of drug-likeness (QED) is 0.805. The molecule has 17 heavy (non-hydrogen) atoms. The van der Waals surface area contributed by atoms with Gasteiger partial charge in [0.25, 0.3) is 0 Å². The summed E-state index contributed by atoms with van der Waals surface area (Å²) in [7, 11) is 0. The van der Waals surface area contributed by atoms with Crippen molar-refractivity contribution in [3.63, 3.8) is 0 Å². The van der Waals surface area contributed by atoms with E-state index in [1.165, 1.54) is 17.0 Å². The highest BCUT2D eigenvalue weighted by atomic mass is 16.4. The second kappa shape index (κ2) is 4.61. The van der Waals surface area contributed by atoms with Crippen LogP contribution in [-0.4, -0.2) is 26.9 Å². The molecule has 1 heterocycles. The second-order valence-corrected chi connectivity index (χ2v) is 3.46. The lowest BCUT2D eigenvalue weighted by atomic mass is 10.1. The molecule has 1 aromatic heterocycles. The van der Waals surface area contributed by atoms with Gasteiger partial charge in [-0.25, -0.2) is 9.78 Å². The second-order valence-electron chi connectivity index (χ2n) is 3.46. The smallest absolute Gasteiger partial charge is 0.331 e. The largest absolute Gasteiger partial charge is 0.479 e. The molecular formula is C12H10N2O3. The van der Waals surface area contributed by atoms with Crippen molar-refractivity contribution in [2.45, 2.75) is 6.04 Å². The van der Waals surface area contributed by atoms with E-state index in [9.17, 15) is 14.7 Å². The first-order valence-corrected chi connectivity index (χ1v) is 5.00. The number of aliphatic carboxylic acids is 1. The van der Waals surface area contributed by atoms with Crippen LogP contribution in [0.15, 0.2) is 42.7 Å². The van der Waals surface area contributed by atoms with Gasteiger partial charge in [-0.15, -0.1) is 0 Å². The Morgan fingerprint density at radius 3 is 2.65 bits per heavy atom. The van der Waals surface area contributed by atoms with Gasteiger partial charge in [0, 0.05) is 12.4 Å². The Morgan fingerprint density at radius 2 is 2.06 bits per heavy atom. The van der Waals surface area contributed by atoms with E-state index in [1.54, 1.807) is 30.3 Å². The van der Waals surface area contributed by atoms with Gasteiger partial charge >= 0.3 is 5.97 Å². The Kier molecular flexibility index (Phi) is 3.00. The molecule has 2 rings (SSSR count). The third-order valence-electron chi connectivity index (χ3n) is 2.43. The van der Waals surface area contributed by atoms with Crippen molar-refractivity contribution < 1.29 is 14.7 Å². The fourth-order valence-electron chi connectivity index (χ4n) is 1.69. The first-order valence-electron chi connectivity index (χ1n) is 5.00. The molecule has 0 bridgehead atoms. The highest BCUT2D eigenvalue weighted by Crippen LogP contribution is 2.19. The fourth-order valence-corrected chi connectivity index (χ4v) is 1.69. The Labute approximate surface area is 97.3 Å². The monoisotopic (exact) mass is 230 g/mol.